The lowest BCUT2D eigenvalue weighted by atomic mass is 9.98. The number of hydrogen-bond acceptors (Lipinski definition) is 5. The van der Waals surface area contributed by atoms with Crippen LogP contribution in [0.4, 0.5) is 10.1 Å². The summed E-state index contributed by atoms with van der Waals surface area (Å²) in [4.78, 5) is 38.3. The molecule has 9 heteroatoms. The normalized spacial score (nSPS) is 16.3. The smallest absolute Gasteiger partial charge is 0.310 e. The van der Waals surface area contributed by atoms with Gasteiger partial charge in [0.15, 0.2) is 0 Å². The van der Waals surface area contributed by atoms with Gasteiger partial charge in [-0.05, 0) is 31.9 Å². The summed E-state index contributed by atoms with van der Waals surface area (Å²) in [6.45, 7) is 2.95. The van der Waals surface area contributed by atoms with E-state index in [1.54, 1.807) is 17.9 Å². The van der Waals surface area contributed by atoms with Gasteiger partial charge in [-0.3, -0.25) is 19.1 Å². The number of benzene rings is 1. The Morgan fingerprint density at radius 2 is 2.10 bits per heavy atom. The number of rotatable bonds is 6. The summed E-state index contributed by atoms with van der Waals surface area (Å²) in [5.41, 5.74) is 0.281. The molecule has 1 aliphatic rings. The molecular formula is C20H23FN4O4. The minimum Gasteiger partial charge on any atom is -0.466 e. The van der Waals surface area contributed by atoms with Crippen molar-refractivity contribution in [3.63, 3.8) is 0 Å². The average Bonchev–Trinajstić information content (AvgIpc) is 3.15. The number of amides is 2. The topological polar surface area (TPSA) is 93.5 Å². The molecule has 0 aliphatic carbocycles. The monoisotopic (exact) mass is 402 g/mol. The fraction of sp³-hybridized carbons (Fsp3) is 0.400. The quantitative estimate of drug-likeness (QED) is 0.747. The van der Waals surface area contributed by atoms with Gasteiger partial charge in [0.2, 0.25) is 5.91 Å². The predicted octanol–water partition coefficient (Wildman–Crippen LogP) is 2.08. The third kappa shape index (κ3) is 5.18. The van der Waals surface area contributed by atoms with Crippen LogP contribution in [0, 0.1) is 11.7 Å². The molecule has 0 bridgehead atoms. The maximum Gasteiger partial charge on any atom is 0.310 e. The summed E-state index contributed by atoms with van der Waals surface area (Å²) >= 11 is 0. The zero-order valence-corrected chi connectivity index (χ0v) is 16.1. The second-order valence-electron chi connectivity index (χ2n) is 6.79. The number of nitrogens with zero attached hydrogens (tertiary/aromatic N) is 3. The van der Waals surface area contributed by atoms with Crippen LogP contribution in [0.3, 0.4) is 0 Å². The van der Waals surface area contributed by atoms with Crippen LogP contribution in [0.25, 0.3) is 0 Å². The van der Waals surface area contributed by atoms with E-state index in [0.717, 1.165) is 6.42 Å². The van der Waals surface area contributed by atoms with Crippen molar-refractivity contribution >= 4 is 23.5 Å². The molecule has 0 spiro atoms. The first kappa shape index (κ1) is 20.5. The zero-order valence-electron chi connectivity index (χ0n) is 16.1. The summed E-state index contributed by atoms with van der Waals surface area (Å²) in [6, 6.07) is 5.67. The van der Waals surface area contributed by atoms with E-state index in [-0.39, 0.29) is 29.9 Å². The summed E-state index contributed by atoms with van der Waals surface area (Å²) in [5.74, 6) is -1.96. The predicted molar refractivity (Wildman–Crippen MR) is 103 cm³/mol. The van der Waals surface area contributed by atoms with E-state index in [2.05, 4.69) is 10.4 Å². The number of anilines is 1. The minimum absolute atomic E-state index is 0.0227. The van der Waals surface area contributed by atoms with Gasteiger partial charge < -0.3 is 15.0 Å². The van der Waals surface area contributed by atoms with Crippen LogP contribution >= 0.6 is 0 Å². The first-order chi connectivity index (χ1) is 14.0. The van der Waals surface area contributed by atoms with Gasteiger partial charge in [0.25, 0.3) is 5.91 Å². The zero-order chi connectivity index (χ0) is 20.8. The third-order valence-electron chi connectivity index (χ3n) is 4.70. The maximum atomic E-state index is 13.7. The molecule has 2 aromatic rings. The summed E-state index contributed by atoms with van der Waals surface area (Å²) < 4.78 is 20.1. The number of esters is 1. The Morgan fingerprint density at radius 3 is 2.86 bits per heavy atom. The van der Waals surface area contributed by atoms with Gasteiger partial charge in [0.05, 0.1) is 30.0 Å². The second kappa shape index (κ2) is 9.31. The Balaban J connectivity index is 1.57. The van der Waals surface area contributed by atoms with Crippen molar-refractivity contribution in [3.05, 3.63) is 48.0 Å². The molecule has 1 aliphatic heterocycles. The Morgan fingerprint density at radius 1 is 1.31 bits per heavy atom. The molecule has 3 rings (SSSR count). The van der Waals surface area contributed by atoms with Crippen molar-refractivity contribution < 1.29 is 23.5 Å². The highest BCUT2D eigenvalue weighted by atomic mass is 19.1. The van der Waals surface area contributed by atoms with Crippen molar-refractivity contribution in [1.82, 2.24) is 14.7 Å². The second-order valence-corrected chi connectivity index (χ2v) is 6.79. The van der Waals surface area contributed by atoms with Gasteiger partial charge in [-0.2, -0.15) is 5.10 Å². The molecule has 29 heavy (non-hydrogen) atoms. The van der Waals surface area contributed by atoms with Gasteiger partial charge in [-0.1, -0.05) is 12.1 Å². The van der Waals surface area contributed by atoms with Crippen molar-refractivity contribution in [2.24, 2.45) is 5.92 Å². The van der Waals surface area contributed by atoms with Crippen molar-refractivity contribution in [3.8, 4) is 0 Å². The Kier molecular flexibility index (Phi) is 6.58. The van der Waals surface area contributed by atoms with Gasteiger partial charge in [-0.15, -0.1) is 0 Å². The molecule has 8 nitrogen and oxygen atoms in total. The highest BCUT2D eigenvalue weighted by Crippen LogP contribution is 2.18. The van der Waals surface area contributed by atoms with Crippen LogP contribution in [0.2, 0.25) is 0 Å². The highest BCUT2D eigenvalue weighted by Gasteiger charge is 2.29. The van der Waals surface area contributed by atoms with Crippen LogP contribution < -0.4 is 5.32 Å². The molecule has 2 heterocycles. The van der Waals surface area contributed by atoms with E-state index in [9.17, 15) is 18.8 Å². The van der Waals surface area contributed by atoms with Gasteiger partial charge in [0.1, 0.15) is 12.4 Å². The highest BCUT2D eigenvalue weighted by molar-refractivity contribution is 6.04. The number of halogens is 1. The van der Waals surface area contributed by atoms with E-state index in [1.807, 2.05) is 0 Å². The molecule has 2 amide bonds. The standard InChI is InChI=1S/C20H23FN4O4/c1-2-29-20(28)14-6-5-9-24(11-14)18(26)13-25-12-15(10-22-25)23-19(27)16-7-3-4-8-17(16)21/h3-4,7-8,10,12,14H,2,5-6,9,11,13H2,1H3,(H,23,27). The molecule has 0 saturated carbocycles. The number of piperidine rings is 1. The lowest BCUT2D eigenvalue weighted by molar-refractivity contribution is -0.151. The first-order valence-corrected chi connectivity index (χ1v) is 9.50. The van der Waals surface area contributed by atoms with E-state index in [4.69, 9.17) is 4.74 Å². The number of carbonyl (C=O) groups is 3. The molecule has 1 saturated heterocycles. The Hall–Kier alpha value is -3.23. The van der Waals surface area contributed by atoms with E-state index in [1.165, 1.54) is 35.3 Å². The lowest BCUT2D eigenvalue weighted by Crippen LogP contribution is -2.44. The Labute approximate surface area is 167 Å². The minimum atomic E-state index is -0.617. The van der Waals surface area contributed by atoms with E-state index >= 15 is 0 Å². The average molecular weight is 402 g/mol. The van der Waals surface area contributed by atoms with Crippen LogP contribution in [0.5, 0.6) is 0 Å². The lowest BCUT2D eigenvalue weighted by Gasteiger charge is -2.31. The van der Waals surface area contributed by atoms with E-state index < -0.39 is 11.7 Å². The number of hydrogen-bond donors (Lipinski definition) is 1. The third-order valence-corrected chi connectivity index (χ3v) is 4.70. The number of nitrogens with one attached hydrogen (secondary N) is 1. The van der Waals surface area contributed by atoms with E-state index in [0.29, 0.717) is 31.8 Å². The largest absolute Gasteiger partial charge is 0.466 e. The van der Waals surface area contributed by atoms with Gasteiger partial charge in [-0.25, -0.2) is 4.39 Å². The molecule has 1 N–H and O–H groups in total. The fourth-order valence-corrected chi connectivity index (χ4v) is 3.25. The molecule has 1 aromatic heterocycles. The van der Waals surface area contributed by atoms with Crippen LogP contribution in [0.1, 0.15) is 30.1 Å². The van der Waals surface area contributed by atoms with Crippen LogP contribution in [-0.4, -0.2) is 52.2 Å². The first-order valence-electron chi connectivity index (χ1n) is 9.50. The molecule has 1 aromatic carbocycles. The SMILES string of the molecule is CCOC(=O)C1CCCN(C(=O)Cn2cc(NC(=O)c3ccccc3F)cn2)C1. The number of carbonyl (C=O) groups excluding carboxylic acids is 3. The molecular weight excluding hydrogens is 379 g/mol. The molecule has 0 radical (unpaired) electrons. The van der Waals surface area contributed by atoms with Crippen molar-refractivity contribution in [2.75, 3.05) is 25.0 Å². The Bertz CT molecular complexity index is 898. The molecule has 154 valence electrons. The van der Waals surface area contributed by atoms with Crippen molar-refractivity contribution in [1.29, 1.82) is 0 Å². The summed E-state index contributed by atoms with van der Waals surface area (Å²) in [6.07, 6.45) is 4.34. The number of likely N-dealkylation sites (tertiary alicyclic amines) is 1. The fourth-order valence-electron chi connectivity index (χ4n) is 3.25. The number of aromatic nitrogens is 2. The molecule has 1 atom stereocenters. The summed E-state index contributed by atoms with van der Waals surface area (Å²) in [5, 5.41) is 6.63. The van der Waals surface area contributed by atoms with Gasteiger partial charge in [0, 0.05) is 19.3 Å². The van der Waals surface area contributed by atoms with Crippen molar-refractivity contribution in [2.45, 2.75) is 26.3 Å². The van der Waals surface area contributed by atoms with Crippen LogP contribution in [-0.2, 0) is 20.9 Å². The maximum absolute atomic E-state index is 13.7. The number of ether oxygens (including phenoxy) is 1. The molecule has 1 unspecified atom stereocenters. The van der Waals surface area contributed by atoms with Gasteiger partial charge >= 0.3 is 5.97 Å². The molecule has 1 fully saturated rings. The van der Waals surface area contributed by atoms with Crippen LogP contribution in [0.15, 0.2) is 36.7 Å². The summed E-state index contributed by atoms with van der Waals surface area (Å²) in [7, 11) is 0.